The zero-order valence-electron chi connectivity index (χ0n) is 25.2. The number of nitrogens with zero attached hydrogens (tertiary/aromatic N) is 2. The van der Waals surface area contributed by atoms with Crippen molar-refractivity contribution in [2.45, 2.75) is 70.5 Å². The van der Waals surface area contributed by atoms with Crippen molar-refractivity contribution in [3.05, 3.63) is 78.1 Å². The number of likely N-dealkylation sites (tertiary alicyclic amines) is 1. The summed E-state index contributed by atoms with van der Waals surface area (Å²) in [6.07, 6.45) is 5.21. The average molecular weight is 591 g/mol. The van der Waals surface area contributed by atoms with Crippen molar-refractivity contribution in [2.75, 3.05) is 31.1 Å². The molecule has 2 heterocycles. The zero-order valence-corrected chi connectivity index (χ0v) is 25.2. The molecule has 230 valence electrons. The maximum absolute atomic E-state index is 13.5. The molecule has 0 atom stereocenters. The van der Waals surface area contributed by atoms with E-state index in [4.69, 9.17) is 9.47 Å². The van der Waals surface area contributed by atoms with Gasteiger partial charge in [-0.05, 0) is 86.6 Å². The van der Waals surface area contributed by atoms with E-state index in [-0.39, 0.29) is 17.8 Å². The fourth-order valence-electron chi connectivity index (χ4n) is 6.05. The number of hydrogen-bond acceptors (Lipinski definition) is 6. The van der Waals surface area contributed by atoms with Crippen LogP contribution in [0.25, 0.3) is 0 Å². The van der Waals surface area contributed by atoms with Crippen LogP contribution in [0.1, 0.15) is 69.2 Å². The van der Waals surface area contributed by atoms with Gasteiger partial charge in [-0.25, -0.2) is 4.39 Å². The van der Waals surface area contributed by atoms with E-state index in [2.05, 4.69) is 18.7 Å². The van der Waals surface area contributed by atoms with E-state index in [1.165, 1.54) is 12.1 Å². The molecule has 8 heteroatoms. The lowest BCUT2D eigenvalue weighted by Crippen LogP contribution is -2.45. The Morgan fingerprint density at radius 3 is 1.93 bits per heavy atom. The van der Waals surface area contributed by atoms with Gasteiger partial charge >= 0.3 is 0 Å². The van der Waals surface area contributed by atoms with Crippen LogP contribution in [0.4, 0.5) is 10.1 Å². The number of rotatable bonds is 10. The second kappa shape index (κ2) is 13.8. The second-order valence-corrected chi connectivity index (χ2v) is 12.0. The molecule has 2 N–H and O–H groups in total. The number of ether oxygens (including phenoxy) is 2. The molecule has 2 aliphatic rings. The summed E-state index contributed by atoms with van der Waals surface area (Å²) in [6.45, 7) is 6.89. The van der Waals surface area contributed by atoms with Gasteiger partial charge in [0, 0.05) is 55.6 Å². The Labute approximate surface area is 253 Å². The molecule has 3 aromatic carbocycles. The lowest BCUT2D eigenvalue weighted by Gasteiger charge is -2.41. The highest BCUT2D eigenvalue weighted by atomic mass is 19.1. The number of anilines is 1. The van der Waals surface area contributed by atoms with E-state index in [0.717, 1.165) is 24.9 Å². The number of carbonyl (C=O) groups excluding carboxylic acids is 1. The molecule has 0 unspecified atom stereocenters. The van der Waals surface area contributed by atoms with Crippen LogP contribution >= 0.6 is 0 Å². The minimum atomic E-state index is -0.651. The highest BCUT2D eigenvalue weighted by molar-refractivity contribution is 5.94. The number of carbonyl (C=O) groups is 1. The molecule has 0 bridgehead atoms. The van der Waals surface area contributed by atoms with Gasteiger partial charge in [0.25, 0.3) is 5.91 Å². The molecule has 3 aromatic rings. The number of benzene rings is 3. The summed E-state index contributed by atoms with van der Waals surface area (Å²) in [5.41, 5.74) is 0.840. The summed E-state index contributed by atoms with van der Waals surface area (Å²) in [6, 6.07) is 18.6. The van der Waals surface area contributed by atoms with Crippen LogP contribution in [-0.4, -0.2) is 58.9 Å². The largest absolute Gasteiger partial charge is 0.457 e. The molecular formula is C35H43FN2O5. The third-order valence-corrected chi connectivity index (χ3v) is 8.89. The van der Waals surface area contributed by atoms with Crippen LogP contribution in [0, 0.1) is 11.7 Å². The predicted octanol–water partition coefficient (Wildman–Crippen LogP) is 7.16. The molecule has 43 heavy (non-hydrogen) atoms. The van der Waals surface area contributed by atoms with Crippen molar-refractivity contribution in [2.24, 2.45) is 5.92 Å². The molecule has 0 saturated carbocycles. The summed E-state index contributed by atoms with van der Waals surface area (Å²) in [5, 5.41) is 21.1. The highest BCUT2D eigenvalue weighted by Gasteiger charge is 2.34. The Bertz CT molecular complexity index is 1340. The predicted molar refractivity (Wildman–Crippen MR) is 166 cm³/mol. The number of piperidine rings is 2. The smallest absolute Gasteiger partial charge is 0.253 e. The van der Waals surface area contributed by atoms with Gasteiger partial charge in [0.15, 0.2) is 0 Å². The Morgan fingerprint density at radius 2 is 1.40 bits per heavy atom. The lowest BCUT2D eigenvalue weighted by molar-refractivity contribution is -0.00764. The first-order chi connectivity index (χ1) is 20.7. The molecule has 0 spiro atoms. The van der Waals surface area contributed by atoms with E-state index < -0.39 is 5.60 Å². The van der Waals surface area contributed by atoms with Crippen molar-refractivity contribution in [3.63, 3.8) is 0 Å². The zero-order chi connectivity index (χ0) is 30.4. The van der Waals surface area contributed by atoms with Crippen LogP contribution in [0.5, 0.6) is 23.0 Å². The maximum atomic E-state index is 13.5. The van der Waals surface area contributed by atoms with Gasteiger partial charge in [0.2, 0.25) is 0 Å². The van der Waals surface area contributed by atoms with Gasteiger partial charge in [-0.2, -0.15) is 0 Å². The number of aliphatic hydroxyl groups is 2. The Balaban J connectivity index is 1.32. The highest BCUT2D eigenvalue weighted by Crippen LogP contribution is 2.38. The first-order valence-corrected chi connectivity index (χ1v) is 15.5. The first-order valence-electron chi connectivity index (χ1n) is 15.5. The molecular weight excluding hydrogens is 547 g/mol. The summed E-state index contributed by atoms with van der Waals surface area (Å²) in [7, 11) is 0. The number of halogens is 1. The fourth-order valence-corrected chi connectivity index (χ4v) is 6.05. The Kier molecular flexibility index (Phi) is 9.88. The maximum Gasteiger partial charge on any atom is 0.253 e. The molecule has 7 nitrogen and oxygen atoms in total. The minimum absolute atomic E-state index is 0.0512. The molecule has 5 rings (SSSR count). The van der Waals surface area contributed by atoms with Crippen LogP contribution in [0.15, 0.2) is 66.7 Å². The summed E-state index contributed by atoms with van der Waals surface area (Å²) >= 11 is 0. The monoisotopic (exact) mass is 590 g/mol. The fraction of sp³-hybridized carbons (Fsp3) is 0.457. The van der Waals surface area contributed by atoms with Gasteiger partial charge in [-0.15, -0.1) is 0 Å². The molecule has 2 aliphatic heterocycles. The van der Waals surface area contributed by atoms with Crippen LogP contribution in [0.3, 0.4) is 0 Å². The number of amides is 1. The summed E-state index contributed by atoms with van der Waals surface area (Å²) in [4.78, 5) is 16.9. The van der Waals surface area contributed by atoms with Crippen LogP contribution in [-0.2, 0) is 0 Å². The van der Waals surface area contributed by atoms with Crippen molar-refractivity contribution in [1.82, 2.24) is 4.90 Å². The van der Waals surface area contributed by atoms with Crippen molar-refractivity contribution >= 4 is 11.6 Å². The van der Waals surface area contributed by atoms with E-state index >= 15 is 0 Å². The summed E-state index contributed by atoms with van der Waals surface area (Å²) in [5.74, 6) is 2.35. The van der Waals surface area contributed by atoms with Gasteiger partial charge in [-0.3, -0.25) is 4.79 Å². The van der Waals surface area contributed by atoms with Crippen molar-refractivity contribution < 1.29 is 28.9 Å². The average Bonchev–Trinajstić information content (AvgIpc) is 3.02. The Hall–Kier alpha value is -3.62. The second-order valence-electron chi connectivity index (χ2n) is 12.0. The third-order valence-electron chi connectivity index (χ3n) is 8.89. The standard InChI is InChI=1S/C35H43FN2O5/c1-3-25(4-2)24-35(41)15-19-37(20-16-35)28-21-32(23-33(22-28)43-31-11-7-27(36)8-12-31)42-30-9-5-26(6-10-30)34(40)38-17-13-29(39)14-18-38/h5-12,21-23,25,29,39,41H,3-4,13-20,24H2,1-2H3. The van der Waals surface area contributed by atoms with Gasteiger partial charge in [-0.1, -0.05) is 26.7 Å². The lowest BCUT2D eigenvalue weighted by atomic mass is 9.81. The molecule has 2 fully saturated rings. The normalized spacial score (nSPS) is 17.3. The van der Waals surface area contributed by atoms with Gasteiger partial charge < -0.3 is 29.5 Å². The SMILES string of the molecule is CCC(CC)CC1(O)CCN(c2cc(Oc3ccc(F)cc3)cc(Oc3ccc(C(=O)N4CCC(O)CC4)cc3)c2)CC1. The third kappa shape index (κ3) is 8.06. The van der Waals surface area contributed by atoms with Crippen LogP contribution < -0.4 is 14.4 Å². The molecule has 0 aliphatic carbocycles. The first kappa shape index (κ1) is 30.8. The quantitative estimate of drug-likeness (QED) is 0.261. The van der Waals surface area contributed by atoms with E-state index in [9.17, 15) is 19.4 Å². The molecule has 0 radical (unpaired) electrons. The van der Waals surface area contributed by atoms with Crippen molar-refractivity contribution in [1.29, 1.82) is 0 Å². The Morgan fingerprint density at radius 1 is 0.860 bits per heavy atom. The topological polar surface area (TPSA) is 82.5 Å². The molecule has 1 amide bonds. The van der Waals surface area contributed by atoms with Gasteiger partial charge in [0.1, 0.15) is 28.8 Å². The van der Waals surface area contributed by atoms with Crippen molar-refractivity contribution in [3.8, 4) is 23.0 Å². The summed E-state index contributed by atoms with van der Waals surface area (Å²) < 4.78 is 25.8. The van der Waals surface area contributed by atoms with E-state index in [0.29, 0.717) is 86.3 Å². The minimum Gasteiger partial charge on any atom is -0.457 e. The van der Waals surface area contributed by atoms with E-state index in [1.807, 2.05) is 12.1 Å². The van der Waals surface area contributed by atoms with Crippen LogP contribution in [0.2, 0.25) is 0 Å². The van der Waals surface area contributed by atoms with Gasteiger partial charge in [0.05, 0.1) is 11.7 Å². The number of aliphatic hydroxyl groups excluding tert-OH is 1. The van der Waals surface area contributed by atoms with E-state index in [1.54, 1.807) is 47.4 Å². The molecule has 2 saturated heterocycles. The number of hydrogen-bond donors (Lipinski definition) is 2. The molecule has 0 aromatic heterocycles.